The number of nitrogens with zero attached hydrogens (tertiary/aromatic N) is 2. The first-order valence-electron chi connectivity index (χ1n) is 10.5. The van der Waals surface area contributed by atoms with Gasteiger partial charge in [0.05, 0.1) is 9.93 Å². The molecule has 0 spiro atoms. The highest BCUT2D eigenvalue weighted by Gasteiger charge is 2.37. The number of carbonyl (C=O) groups excluding carboxylic acids is 3. The van der Waals surface area contributed by atoms with Crippen LogP contribution < -0.4 is 0 Å². The van der Waals surface area contributed by atoms with Crippen molar-refractivity contribution < 1.29 is 18.8 Å². The third-order valence-electron chi connectivity index (χ3n) is 5.75. The molecule has 172 valence electrons. The van der Waals surface area contributed by atoms with E-state index in [0.717, 1.165) is 28.6 Å². The fourth-order valence-corrected chi connectivity index (χ4v) is 5.29. The Labute approximate surface area is 210 Å². The van der Waals surface area contributed by atoms with E-state index in [9.17, 15) is 14.4 Å². The summed E-state index contributed by atoms with van der Waals surface area (Å²) in [5.74, 6) is 0.136. The Hall–Kier alpha value is -3.00. The number of hydrogen-bond acceptors (Lipinski definition) is 5. The van der Waals surface area contributed by atoms with Crippen molar-refractivity contribution in [2.45, 2.75) is 13.0 Å². The van der Waals surface area contributed by atoms with Gasteiger partial charge in [-0.1, -0.05) is 47.5 Å². The predicted molar refractivity (Wildman–Crippen MR) is 132 cm³/mol. The molecule has 0 unspecified atom stereocenters. The van der Waals surface area contributed by atoms with Gasteiger partial charge in [-0.05, 0) is 59.6 Å². The number of hydrogen-bond donors (Lipinski definition) is 0. The molecule has 0 saturated carbocycles. The van der Waals surface area contributed by atoms with Crippen LogP contribution in [0.4, 0.5) is 4.79 Å². The fourth-order valence-electron chi connectivity index (χ4n) is 3.97. The number of amides is 3. The van der Waals surface area contributed by atoms with Gasteiger partial charge >= 0.3 is 0 Å². The van der Waals surface area contributed by atoms with Crippen molar-refractivity contribution in [1.29, 1.82) is 0 Å². The molecule has 0 radical (unpaired) electrons. The molecule has 9 heteroatoms. The highest BCUT2D eigenvalue weighted by molar-refractivity contribution is 8.18. The quantitative estimate of drug-likeness (QED) is 0.408. The number of rotatable bonds is 4. The molecule has 34 heavy (non-hydrogen) atoms. The first-order chi connectivity index (χ1) is 16.4. The van der Waals surface area contributed by atoms with Gasteiger partial charge in [-0.2, -0.15) is 0 Å². The first kappa shape index (κ1) is 22.8. The van der Waals surface area contributed by atoms with Crippen LogP contribution in [-0.2, 0) is 22.6 Å². The number of thioether (sulfide) groups is 1. The maximum absolute atomic E-state index is 12.9. The lowest BCUT2D eigenvalue weighted by Crippen LogP contribution is -2.44. The average Bonchev–Trinajstić information content (AvgIpc) is 3.38. The minimum absolute atomic E-state index is 0.199. The van der Waals surface area contributed by atoms with Gasteiger partial charge in [0.1, 0.15) is 18.1 Å². The number of imide groups is 1. The van der Waals surface area contributed by atoms with Crippen LogP contribution in [0.25, 0.3) is 17.4 Å². The topological polar surface area (TPSA) is 70.8 Å². The van der Waals surface area contributed by atoms with Gasteiger partial charge in [0.15, 0.2) is 0 Å². The first-order valence-corrected chi connectivity index (χ1v) is 12.1. The van der Waals surface area contributed by atoms with E-state index < -0.39 is 11.1 Å². The molecular formula is C25H18Cl2N2O4S. The van der Waals surface area contributed by atoms with Gasteiger partial charge in [0.2, 0.25) is 5.91 Å². The van der Waals surface area contributed by atoms with E-state index in [4.69, 9.17) is 27.6 Å². The zero-order chi connectivity index (χ0) is 23.8. The van der Waals surface area contributed by atoms with Crippen molar-refractivity contribution >= 4 is 58.1 Å². The van der Waals surface area contributed by atoms with Crippen molar-refractivity contribution in [3.63, 3.8) is 0 Å². The molecule has 0 aliphatic carbocycles. The molecule has 5 rings (SSSR count). The van der Waals surface area contributed by atoms with Gasteiger partial charge in [-0.25, -0.2) is 0 Å². The molecule has 0 atom stereocenters. The lowest BCUT2D eigenvalue weighted by Gasteiger charge is -2.29. The van der Waals surface area contributed by atoms with Crippen LogP contribution in [0.5, 0.6) is 0 Å². The van der Waals surface area contributed by atoms with Crippen LogP contribution in [0.2, 0.25) is 10.0 Å². The normalized spacial score (nSPS) is 16.9. The number of halogens is 2. The molecule has 1 saturated heterocycles. The largest absolute Gasteiger partial charge is 0.457 e. The second-order valence-electron chi connectivity index (χ2n) is 7.93. The number of furan rings is 1. The van der Waals surface area contributed by atoms with E-state index in [1.807, 2.05) is 18.2 Å². The van der Waals surface area contributed by atoms with E-state index in [1.165, 1.54) is 11.6 Å². The molecule has 0 N–H and O–H groups in total. The standard InChI is InChI=1S/C25H18Cl2N2O4S/c26-17-5-7-19(20(27)11-17)21-8-6-18(33-21)12-22-24(31)29(25(32)34-22)14-23(30)28-10-9-15-3-1-2-4-16(15)13-28/h1-8,11-12H,9-10,13-14H2/b22-12+. The van der Waals surface area contributed by atoms with Crippen molar-refractivity contribution in [3.8, 4) is 11.3 Å². The van der Waals surface area contributed by atoms with Crippen LogP contribution in [0.15, 0.2) is 63.9 Å². The number of carbonyl (C=O) groups is 3. The summed E-state index contributed by atoms with van der Waals surface area (Å²) in [6.45, 7) is 0.752. The van der Waals surface area contributed by atoms with Crippen LogP contribution in [-0.4, -0.2) is 39.9 Å². The maximum atomic E-state index is 12.9. The summed E-state index contributed by atoms with van der Waals surface area (Å²) in [7, 11) is 0. The highest BCUT2D eigenvalue weighted by atomic mass is 35.5. The summed E-state index contributed by atoms with van der Waals surface area (Å²) < 4.78 is 5.81. The Balaban J connectivity index is 1.28. The Bertz CT molecular complexity index is 1350. The summed E-state index contributed by atoms with van der Waals surface area (Å²) in [5.41, 5.74) is 2.97. The van der Waals surface area contributed by atoms with E-state index in [-0.39, 0.29) is 17.4 Å². The van der Waals surface area contributed by atoms with E-state index >= 15 is 0 Å². The van der Waals surface area contributed by atoms with Crippen molar-refractivity contribution in [2.75, 3.05) is 13.1 Å². The minimum atomic E-state index is -0.511. The van der Waals surface area contributed by atoms with Gasteiger partial charge < -0.3 is 9.32 Å². The summed E-state index contributed by atoms with van der Waals surface area (Å²) in [4.78, 5) is 41.1. The molecule has 2 aromatic carbocycles. The van der Waals surface area contributed by atoms with Crippen molar-refractivity contribution in [1.82, 2.24) is 9.80 Å². The van der Waals surface area contributed by atoms with E-state index in [2.05, 4.69) is 6.07 Å². The summed E-state index contributed by atoms with van der Waals surface area (Å²) in [6.07, 6.45) is 2.25. The van der Waals surface area contributed by atoms with Crippen LogP contribution in [0.3, 0.4) is 0 Å². The molecule has 6 nitrogen and oxygen atoms in total. The third-order valence-corrected chi connectivity index (χ3v) is 7.20. The Morgan fingerprint density at radius 3 is 2.65 bits per heavy atom. The number of benzene rings is 2. The molecule has 0 bridgehead atoms. The average molecular weight is 513 g/mol. The van der Waals surface area contributed by atoms with Crippen LogP contribution in [0.1, 0.15) is 16.9 Å². The van der Waals surface area contributed by atoms with Crippen LogP contribution >= 0.6 is 35.0 Å². The van der Waals surface area contributed by atoms with Gasteiger partial charge in [-0.3, -0.25) is 19.3 Å². The molecular weight excluding hydrogens is 495 g/mol. The Morgan fingerprint density at radius 1 is 1.06 bits per heavy atom. The second-order valence-corrected chi connectivity index (χ2v) is 9.76. The minimum Gasteiger partial charge on any atom is -0.457 e. The predicted octanol–water partition coefficient (Wildman–Crippen LogP) is 5.87. The van der Waals surface area contributed by atoms with Crippen molar-refractivity contribution in [2.24, 2.45) is 0 Å². The summed E-state index contributed by atoms with van der Waals surface area (Å²) in [6, 6.07) is 16.4. The van der Waals surface area contributed by atoms with Gasteiger partial charge in [-0.15, -0.1) is 0 Å². The SMILES string of the molecule is O=C(CN1C(=O)S/C(=C/c2ccc(-c3ccc(Cl)cc3Cl)o2)C1=O)N1CCc2ccccc2C1. The summed E-state index contributed by atoms with van der Waals surface area (Å²) >= 11 is 13.0. The second kappa shape index (κ2) is 9.33. The molecule has 2 aliphatic rings. The van der Waals surface area contributed by atoms with E-state index in [1.54, 1.807) is 35.2 Å². The number of fused-ring (bicyclic) bond motifs is 1. The lowest BCUT2D eigenvalue weighted by molar-refractivity contribution is -0.136. The Morgan fingerprint density at radius 2 is 1.85 bits per heavy atom. The molecule has 3 amide bonds. The molecule has 1 fully saturated rings. The zero-order valence-corrected chi connectivity index (χ0v) is 20.1. The molecule has 3 aromatic rings. The smallest absolute Gasteiger partial charge is 0.294 e. The van der Waals surface area contributed by atoms with Gasteiger partial charge in [0.25, 0.3) is 11.1 Å². The van der Waals surface area contributed by atoms with E-state index in [0.29, 0.717) is 40.2 Å². The Kier molecular flexibility index (Phi) is 6.25. The van der Waals surface area contributed by atoms with Crippen molar-refractivity contribution in [3.05, 3.63) is 86.4 Å². The van der Waals surface area contributed by atoms with Crippen LogP contribution in [0, 0.1) is 0 Å². The molecule has 3 heterocycles. The summed E-state index contributed by atoms with van der Waals surface area (Å²) in [5, 5.41) is 0.472. The molecule has 1 aromatic heterocycles. The zero-order valence-electron chi connectivity index (χ0n) is 17.8. The monoisotopic (exact) mass is 512 g/mol. The molecule has 2 aliphatic heterocycles. The lowest BCUT2D eigenvalue weighted by atomic mass is 10.00. The van der Waals surface area contributed by atoms with Gasteiger partial charge in [0, 0.05) is 29.8 Å². The fraction of sp³-hybridized carbons (Fsp3) is 0.160. The third kappa shape index (κ3) is 4.51. The highest BCUT2D eigenvalue weighted by Crippen LogP contribution is 2.35. The maximum Gasteiger partial charge on any atom is 0.294 e.